The number of amides is 2. The van der Waals surface area contributed by atoms with Gasteiger partial charge in [0.1, 0.15) is 0 Å². The third kappa shape index (κ3) is 1.89. The molecule has 78 valence electrons. The van der Waals surface area contributed by atoms with E-state index in [1.165, 1.54) is 32.1 Å². The van der Waals surface area contributed by atoms with Crippen molar-refractivity contribution in [3.05, 3.63) is 0 Å². The number of rotatable bonds is 1. The number of nitrogens with two attached hydrogens (primary N) is 1. The molecule has 2 unspecified atom stereocenters. The summed E-state index contributed by atoms with van der Waals surface area (Å²) in [6.45, 7) is 0. The second-order valence-corrected chi connectivity index (χ2v) is 4.27. The first-order valence-electron chi connectivity index (χ1n) is 5.39. The summed E-state index contributed by atoms with van der Waals surface area (Å²) < 4.78 is 0. The molecule has 2 fully saturated rings. The van der Waals surface area contributed by atoms with Crippen molar-refractivity contribution in [2.45, 2.75) is 38.5 Å². The minimum atomic E-state index is -0.559. The second-order valence-electron chi connectivity index (χ2n) is 4.27. The van der Waals surface area contributed by atoms with Crippen LogP contribution in [0.25, 0.3) is 0 Å². The van der Waals surface area contributed by atoms with Gasteiger partial charge in [-0.25, -0.2) is 10.2 Å². The molecule has 0 saturated heterocycles. The fraction of sp³-hybridized carbons (Fsp3) is 0.800. The first kappa shape index (κ1) is 9.49. The standard InChI is InChI=1S/C10H17N3O/c11-10(14)13-12-9-6-5-7-3-1-2-4-8(7)9/h7-8H,1-6H2,(H3,11,13,14)/b12-9-. The van der Waals surface area contributed by atoms with Crippen LogP contribution in [-0.4, -0.2) is 11.7 Å². The molecule has 0 aromatic carbocycles. The van der Waals surface area contributed by atoms with Crippen LogP contribution < -0.4 is 11.2 Å². The van der Waals surface area contributed by atoms with Gasteiger partial charge in [0, 0.05) is 11.6 Å². The van der Waals surface area contributed by atoms with Crippen LogP contribution in [0.4, 0.5) is 4.79 Å². The molecule has 2 saturated carbocycles. The Labute approximate surface area is 83.9 Å². The lowest BCUT2D eigenvalue weighted by atomic mass is 9.81. The highest BCUT2D eigenvalue weighted by molar-refractivity contribution is 5.90. The summed E-state index contributed by atoms with van der Waals surface area (Å²) in [6, 6.07) is -0.559. The molecular weight excluding hydrogens is 178 g/mol. The zero-order valence-electron chi connectivity index (χ0n) is 8.33. The van der Waals surface area contributed by atoms with Crippen molar-refractivity contribution in [1.82, 2.24) is 5.43 Å². The van der Waals surface area contributed by atoms with Gasteiger partial charge < -0.3 is 5.73 Å². The topological polar surface area (TPSA) is 67.5 Å². The Kier molecular flexibility index (Phi) is 2.70. The Morgan fingerprint density at radius 3 is 2.93 bits per heavy atom. The normalized spacial score (nSPS) is 34.1. The number of nitrogens with one attached hydrogen (secondary N) is 1. The van der Waals surface area contributed by atoms with Gasteiger partial charge in [-0.2, -0.15) is 5.10 Å². The number of carbonyl (C=O) groups excluding carboxylic acids is 1. The van der Waals surface area contributed by atoms with E-state index in [9.17, 15) is 4.79 Å². The first-order chi connectivity index (χ1) is 6.77. The van der Waals surface area contributed by atoms with E-state index in [0.717, 1.165) is 18.1 Å². The minimum absolute atomic E-state index is 0.559. The fourth-order valence-corrected chi connectivity index (χ4v) is 2.78. The highest BCUT2D eigenvalue weighted by Gasteiger charge is 2.34. The number of nitrogens with zero attached hydrogens (tertiary/aromatic N) is 1. The Morgan fingerprint density at radius 1 is 1.36 bits per heavy atom. The lowest BCUT2D eigenvalue weighted by Crippen LogP contribution is -2.27. The highest BCUT2D eigenvalue weighted by atomic mass is 16.2. The van der Waals surface area contributed by atoms with E-state index in [0.29, 0.717) is 5.92 Å². The number of primary amides is 1. The van der Waals surface area contributed by atoms with Crippen LogP contribution >= 0.6 is 0 Å². The Morgan fingerprint density at radius 2 is 2.14 bits per heavy atom. The van der Waals surface area contributed by atoms with Crippen molar-refractivity contribution < 1.29 is 4.79 Å². The number of carbonyl (C=O) groups is 1. The van der Waals surface area contributed by atoms with Crippen molar-refractivity contribution in [1.29, 1.82) is 0 Å². The predicted octanol–water partition coefficient (Wildman–Crippen LogP) is 1.61. The van der Waals surface area contributed by atoms with E-state index in [1.54, 1.807) is 0 Å². The quantitative estimate of drug-likeness (QED) is 0.613. The van der Waals surface area contributed by atoms with Crippen LogP contribution in [0.5, 0.6) is 0 Å². The van der Waals surface area contributed by atoms with Crippen molar-refractivity contribution >= 4 is 11.7 Å². The van der Waals surface area contributed by atoms with Crippen LogP contribution in [0.15, 0.2) is 5.10 Å². The van der Waals surface area contributed by atoms with Gasteiger partial charge in [-0.1, -0.05) is 12.8 Å². The molecule has 0 aromatic heterocycles. The summed E-state index contributed by atoms with van der Waals surface area (Å²) in [5.41, 5.74) is 8.49. The minimum Gasteiger partial charge on any atom is -0.350 e. The molecule has 2 rings (SSSR count). The summed E-state index contributed by atoms with van der Waals surface area (Å²) in [5, 5.41) is 4.10. The largest absolute Gasteiger partial charge is 0.350 e. The summed E-state index contributed by atoms with van der Waals surface area (Å²) in [5.74, 6) is 1.44. The third-order valence-corrected chi connectivity index (χ3v) is 3.42. The molecule has 2 amide bonds. The average molecular weight is 195 g/mol. The van der Waals surface area contributed by atoms with Gasteiger partial charge in [0.15, 0.2) is 0 Å². The van der Waals surface area contributed by atoms with E-state index in [1.807, 2.05) is 0 Å². The van der Waals surface area contributed by atoms with Crippen molar-refractivity contribution in [3.8, 4) is 0 Å². The van der Waals surface area contributed by atoms with Crippen LogP contribution in [0.1, 0.15) is 38.5 Å². The molecule has 4 heteroatoms. The van der Waals surface area contributed by atoms with Crippen molar-refractivity contribution in [2.75, 3.05) is 0 Å². The SMILES string of the molecule is NC(=O)N/N=C1/CCC2CCCCC12. The van der Waals surface area contributed by atoms with Crippen LogP contribution in [-0.2, 0) is 0 Å². The van der Waals surface area contributed by atoms with Gasteiger partial charge >= 0.3 is 6.03 Å². The van der Waals surface area contributed by atoms with Crippen molar-refractivity contribution in [2.24, 2.45) is 22.7 Å². The number of urea groups is 1. The smallest absolute Gasteiger partial charge is 0.332 e. The summed E-state index contributed by atoms with van der Waals surface area (Å²) in [6.07, 6.45) is 7.51. The lowest BCUT2D eigenvalue weighted by molar-refractivity contribution is 0.249. The van der Waals surface area contributed by atoms with E-state index in [4.69, 9.17) is 5.73 Å². The van der Waals surface area contributed by atoms with Gasteiger partial charge in [-0.15, -0.1) is 0 Å². The molecule has 14 heavy (non-hydrogen) atoms. The maximum Gasteiger partial charge on any atom is 0.332 e. The maximum atomic E-state index is 10.5. The van der Waals surface area contributed by atoms with E-state index >= 15 is 0 Å². The summed E-state index contributed by atoms with van der Waals surface area (Å²) >= 11 is 0. The number of fused-ring (bicyclic) bond motifs is 1. The molecule has 0 spiro atoms. The van der Waals surface area contributed by atoms with E-state index in [2.05, 4.69) is 10.5 Å². The van der Waals surface area contributed by atoms with Crippen LogP contribution in [0.2, 0.25) is 0 Å². The van der Waals surface area contributed by atoms with Gasteiger partial charge in [-0.3, -0.25) is 0 Å². The summed E-state index contributed by atoms with van der Waals surface area (Å²) in [7, 11) is 0. The first-order valence-corrected chi connectivity index (χ1v) is 5.39. The Balaban J connectivity index is 1.99. The summed E-state index contributed by atoms with van der Waals surface area (Å²) in [4.78, 5) is 10.5. The van der Waals surface area contributed by atoms with Gasteiger partial charge in [0.25, 0.3) is 0 Å². The molecule has 4 nitrogen and oxygen atoms in total. The molecule has 0 heterocycles. The maximum absolute atomic E-state index is 10.5. The molecule has 0 radical (unpaired) electrons. The predicted molar refractivity (Wildman–Crippen MR) is 54.8 cm³/mol. The Hall–Kier alpha value is -1.06. The zero-order chi connectivity index (χ0) is 9.97. The molecule has 0 aromatic rings. The molecule has 0 aliphatic heterocycles. The lowest BCUT2D eigenvalue weighted by Gasteiger charge is -2.24. The highest BCUT2D eigenvalue weighted by Crippen LogP contribution is 2.40. The van der Waals surface area contributed by atoms with Crippen LogP contribution in [0, 0.1) is 11.8 Å². The van der Waals surface area contributed by atoms with Gasteiger partial charge in [-0.05, 0) is 31.6 Å². The molecular formula is C10H17N3O. The van der Waals surface area contributed by atoms with Crippen molar-refractivity contribution in [3.63, 3.8) is 0 Å². The zero-order valence-corrected chi connectivity index (χ0v) is 8.33. The number of hydrogen-bond acceptors (Lipinski definition) is 2. The molecule has 2 atom stereocenters. The van der Waals surface area contributed by atoms with Crippen LogP contribution in [0.3, 0.4) is 0 Å². The van der Waals surface area contributed by atoms with E-state index < -0.39 is 6.03 Å². The number of hydrazone groups is 1. The second kappa shape index (κ2) is 3.98. The molecule has 0 bridgehead atoms. The average Bonchev–Trinajstić information content (AvgIpc) is 2.58. The monoisotopic (exact) mass is 195 g/mol. The van der Waals surface area contributed by atoms with Gasteiger partial charge in [0.2, 0.25) is 0 Å². The fourth-order valence-electron chi connectivity index (χ4n) is 2.78. The molecule has 2 aliphatic rings. The number of hydrogen-bond donors (Lipinski definition) is 2. The molecule has 3 N–H and O–H groups in total. The molecule has 2 aliphatic carbocycles. The van der Waals surface area contributed by atoms with Gasteiger partial charge in [0.05, 0.1) is 0 Å². The van der Waals surface area contributed by atoms with E-state index in [-0.39, 0.29) is 0 Å². The Bertz CT molecular complexity index is 262. The third-order valence-electron chi connectivity index (χ3n) is 3.42.